The van der Waals surface area contributed by atoms with Crippen LogP contribution in [0.3, 0.4) is 0 Å². The predicted octanol–water partition coefficient (Wildman–Crippen LogP) is 0.701. The standard InChI is InChI=1S/C17H16N6O3/c1-18-15(24)11-5-12(16(25)19-2)7-13(6-11)22-17(26)10-3-4-14-20-9-21-23(14)8-10/h3-9H,1-2H3,(H,18,24)(H,19,25)(H,22,26). The molecule has 0 spiro atoms. The summed E-state index contributed by atoms with van der Waals surface area (Å²) in [7, 11) is 2.97. The van der Waals surface area contributed by atoms with E-state index in [0.717, 1.165) is 0 Å². The van der Waals surface area contributed by atoms with Crippen LogP contribution in [0.2, 0.25) is 0 Å². The first-order valence-electron chi connectivity index (χ1n) is 7.72. The fourth-order valence-corrected chi connectivity index (χ4v) is 2.41. The summed E-state index contributed by atoms with van der Waals surface area (Å²) in [5, 5.41) is 11.7. The van der Waals surface area contributed by atoms with E-state index in [4.69, 9.17) is 0 Å². The highest BCUT2D eigenvalue weighted by Gasteiger charge is 2.14. The largest absolute Gasteiger partial charge is 0.355 e. The van der Waals surface area contributed by atoms with Crippen molar-refractivity contribution in [3.8, 4) is 0 Å². The molecule has 1 aromatic carbocycles. The molecule has 0 saturated carbocycles. The van der Waals surface area contributed by atoms with Crippen LogP contribution in [-0.4, -0.2) is 46.4 Å². The molecule has 3 amide bonds. The maximum absolute atomic E-state index is 12.5. The van der Waals surface area contributed by atoms with E-state index in [9.17, 15) is 14.4 Å². The van der Waals surface area contributed by atoms with Gasteiger partial charge in [-0.05, 0) is 30.3 Å². The molecule has 0 radical (unpaired) electrons. The van der Waals surface area contributed by atoms with Crippen molar-refractivity contribution in [3.63, 3.8) is 0 Å². The third-order valence-electron chi connectivity index (χ3n) is 3.71. The monoisotopic (exact) mass is 352 g/mol. The van der Waals surface area contributed by atoms with Crippen molar-refractivity contribution in [1.29, 1.82) is 0 Å². The maximum atomic E-state index is 12.5. The third kappa shape index (κ3) is 3.36. The van der Waals surface area contributed by atoms with Gasteiger partial charge in [0, 0.05) is 37.1 Å². The highest BCUT2D eigenvalue weighted by atomic mass is 16.2. The van der Waals surface area contributed by atoms with E-state index >= 15 is 0 Å². The lowest BCUT2D eigenvalue weighted by atomic mass is 10.1. The van der Waals surface area contributed by atoms with Crippen LogP contribution in [-0.2, 0) is 0 Å². The Bertz CT molecular complexity index is 976. The van der Waals surface area contributed by atoms with Crippen LogP contribution >= 0.6 is 0 Å². The number of anilines is 1. The normalized spacial score (nSPS) is 10.4. The zero-order chi connectivity index (χ0) is 18.7. The number of benzene rings is 1. The molecule has 0 bridgehead atoms. The number of pyridine rings is 1. The zero-order valence-electron chi connectivity index (χ0n) is 14.1. The molecule has 2 heterocycles. The Labute approximate surface area is 148 Å². The first-order valence-corrected chi connectivity index (χ1v) is 7.72. The summed E-state index contributed by atoms with van der Waals surface area (Å²) in [6, 6.07) is 7.73. The number of hydrogen-bond donors (Lipinski definition) is 3. The predicted molar refractivity (Wildman–Crippen MR) is 94.2 cm³/mol. The molecule has 9 nitrogen and oxygen atoms in total. The van der Waals surface area contributed by atoms with Crippen LogP contribution in [0.5, 0.6) is 0 Å². The van der Waals surface area contributed by atoms with Crippen LogP contribution in [0.25, 0.3) is 5.65 Å². The molecule has 3 N–H and O–H groups in total. The minimum atomic E-state index is -0.403. The van der Waals surface area contributed by atoms with Crippen LogP contribution in [0.4, 0.5) is 5.69 Å². The molecule has 0 aliphatic rings. The summed E-state index contributed by atoms with van der Waals surface area (Å²) in [4.78, 5) is 40.4. The summed E-state index contributed by atoms with van der Waals surface area (Å²) in [5.41, 5.74) is 1.82. The smallest absolute Gasteiger partial charge is 0.257 e. The number of nitrogens with zero attached hydrogens (tertiary/aromatic N) is 3. The Morgan fingerprint density at radius 3 is 2.15 bits per heavy atom. The molecule has 9 heteroatoms. The van der Waals surface area contributed by atoms with Gasteiger partial charge in [0.1, 0.15) is 6.33 Å². The number of aromatic nitrogens is 3. The van der Waals surface area contributed by atoms with Gasteiger partial charge in [-0.1, -0.05) is 0 Å². The Morgan fingerprint density at radius 1 is 0.885 bits per heavy atom. The lowest BCUT2D eigenvalue weighted by Crippen LogP contribution is -2.22. The Hall–Kier alpha value is -3.75. The van der Waals surface area contributed by atoms with Crippen LogP contribution in [0.15, 0.2) is 42.9 Å². The number of fused-ring (bicyclic) bond motifs is 1. The van der Waals surface area contributed by atoms with Gasteiger partial charge in [-0.2, -0.15) is 5.10 Å². The van der Waals surface area contributed by atoms with Gasteiger partial charge < -0.3 is 16.0 Å². The van der Waals surface area contributed by atoms with Gasteiger partial charge in [0.05, 0.1) is 5.56 Å². The quantitative estimate of drug-likeness (QED) is 0.639. The summed E-state index contributed by atoms with van der Waals surface area (Å²) >= 11 is 0. The van der Waals surface area contributed by atoms with Crippen molar-refractivity contribution in [2.24, 2.45) is 0 Å². The summed E-state index contributed by atoms with van der Waals surface area (Å²) < 4.78 is 1.48. The first-order chi connectivity index (χ1) is 12.5. The summed E-state index contributed by atoms with van der Waals surface area (Å²) in [6.07, 6.45) is 2.93. The molecule has 3 aromatic rings. The van der Waals surface area contributed by atoms with Gasteiger partial charge in [0.2, 0.25) is 0 Å². The van der Waals surface area contributed by atoms with E-state index in [-0.39, 0.29) is 22.9 Å². The number of amides is 3. The van der Waals surface area contributed by atoms with Crippen molar-refractivity contribution in [2.45, 2.75) is 0 Å². The molecular weight excluding hydrogens is 336 g/mol. The highest BCUT2D eigenvalue weighted by Crippen LogP contribution is 2.17. The number of hydrogen-bond acceptors (Lipinski definition) is 5. The first kappa shape index (κ1) is 17.1. The average molecular weight is 352 g/mol. The van der Waals surface area contributed by atoms with E-state index in [1.165, 1.54) is 43.1 Å². The molecule has 0 fully saturated rings. The Kier molecular flexibility index (Phi) is 4.61. The highest BCUT2D eigenvalue weighted by molar-refractivity contribution is 6.06. The minimum Gasteiger partial charge on any atom is -0.355 e. The molecule has 0 aliphatic carbocycles. The molecule has 26 heavy (non-hydrogen) atoms. The third-order valence-corrected chi connectivity index (χ3v) is 3.71. The summed E-state index contributed by atoms with van der Waals surface area (Å²) in [5.74, 6) is -1.13. The van der Waals surface area contributed by atoms with E-state index in [1.54, 1.807) is 18.3 Å². The second-order valence-electron chi connectivity index (χ2n) is 5.39. The lowest BCUT2D eigenvalue weighted by Gasteiger charge is -2.10. The molecule has 2 aromatic heterocycles. The van der Waals surface area contributed by atoms with Crippen LogP contribution in [0, 0.1) is 0 Å². The molecule has 3 rings (SSSR count). The van der Waals surface area contributed by atoms with Crippen LogP contribution < -0.4 is 16.0 Å². The van der Waals surface area contributed by atoms with Crippen LogP contribution in [0.1, 0.15) is 31.1 Å². The molecule has 0 saturated heterocycles. The van der Waals surface area contributed by atoms with Gasteiger partial charge in [-0.15, -0.1) is 0 Å². The van der Waals surface area contributed by atoms with Crippen molar-refractivity contribution in [1.82, 2.24) is 25.2 Å². The Balaban J connectivity index is 1.93. The van der Waals surface area contributed by atoms with E-state index in [0.29, 0.717) is 16.9 Å². The van der Waals surface area contributed by atoms with Crippen molar-refractivity contribution in [2.75, 3.05) is 19.4 Å². The fourth-order valence-electron chi connectivity index (χ4n) is 2.41. The molecule has 132 valence electrons. The van der Waals surface area contributed by atoms with E-state index < -0.39 is 5.91 Å². The van der Waals surface area contributed by atoms with E-state index in [2.05, 4.69) is 26.0 Å². The summed E-state index contributed by atoms with van der Waals surface area (Å²) in [6.45, 7) is 0. The fraction of sp³-hybridized carbons (Fsp3) is 0.118. The van der Waals surface area contributed by atoms with Gasteiger partial charge in [0.15, 0.2) is 5.65 Å². The number of nitrogens with one attached hydrogen (secondary N) is 3. The van der Waals surface area contributed by atoms with E-state index in [1.807, 2.05) is 0 Å². The van der Waals surface area contributed by atoms with Gasteiger partial charge in [-0.3, -0.25) is 14.4 Å². The lowest BCUT2D eigenvalue weighted by molar-refractivity contribution is 0.0960. The van der Waals surface area contributed by atoms with Gasteiger partial charge in [0.25, 0.3) is 17.7 Å². The molecular formula is C17H16N6O3. The minimum absolute atomic E-state index is 0.260. The van der Waals surface area contributed by atoms with Crippen molar-refractivity contribution in [3.05, 3.63) is 59.5 Å². The topological polar surface area (TPSA) is 117 Å². The SMILES string of the molecule is CNC(=O)c1cc(NC(=O)c2ccc3ncnn3c2)cc(C(=O)NC)c1. The number of carbonyl (C=O) groups is 3. The maximum Gasteiger partial charge on any atom is 0.257 e. The second kappa shape index (κ2) is 7.01. The number of rotatable bonds is 4. The Morgan fingerprint density at radius 2 is 1.54 bits per heavy atom. The molecule has 0 atom stereocenters. The van der Waals surface area contributed by atoms with Gasteiger partial charge in [-0.25, -0.2) is 9.50 Å². The zero-order valence-corrected chi connectivity index (χ0v) is 14.1. The second-order valence-corrected chi connectivity index (χ2v) is 5.39. The number of carbonyl (C=O) groups excluding carboxylic acids is 3. The van der Waals surface area contributed by atoms with Crippen molar-refractivity contribution < 1.29 is 14.4 Å². The van der Waals surface area contributed by atoms with Crippen molar-refractivity contribution >= 4 is 29.1 Å². The van der Waals surface area contributed by atoms with Gasteiger partial charge >= 0.3 is 0 Å². The molecule has 0 unspecified atom stereocenters. The molecule has 0 aliphatic heterocycles. The average Bonchev–Trinajstić information content (AvgIpc) is 3.14.